The smallest absolute Gasteiger partial charge is 0.240 e. The average Bonchev–Trinajstić information content (AvgIpc) is 2.89. The Morgan fingerprint density at radius 1 is 1.00 bits per heavy atom. The van der Waals surface area contributed by atoms with Gasteiger partial charge in [-0.25, -0.2) is 22.5 Å². The Labute approximate surface area is 218 Å². The number of rotatable bonds is 8. The van der Waals surface area contributed by atoms with E-state index in [9.17, 15) is 17.6 Å². The number of benzene rings is 2. The summed E-state index contributed by atoms with van der Waals surface area (Å²) in [6.07, 6.45) is 4.10. The minimum absolute atomic E-state index is 0.0544. The molecule has 0 aliphatic heterocycles. The fourth-order valence-electron chi connectivity index (χ4n) is 4.72. The van der Waals surface area contributed by atoms with Gasteiger partial charge in [-0.15, -0.1) is 0 Å². The lowest BCUT2D eigenvalue weighted by molar-refractivity contribution is -0.126. The first-order chi connectivity index (χ1) is 17.6. The fourth-order valence-corrected chi connectivity index (χ4v) is 6.02. The van der Waals surface area contributed by atoms with Crippen LogP contribution in [0.3, 0.4) is 0 Å². The van der Waals surface area contributed by atoms with E-state index in [1.165, 1.54) is 12.1 Å². The third-order valence-corrected chi connectivity index (χ3v) is 8.37. The second-order valence-electron chi connectivity index (χ2n) is 9.75. The molecule has 0 saturated heterocycles. The van der Waals surface area contributed by atoms with E-state index in [1.807, 2.05) is 38.1 Å². The SMILES string of the molecule is C[C@@H](NC(=O)C1CCC(NS(=O)(=O)c2ccc(-c3cccnc3N(C)C)cc2)CC1)c1ccc(F)cc1. The van der Waals surface area contributed by atoms with E-state index in [1.54, 1.807) is 42.6 Å². The van der Waals surface area contributed by atoms with Gasteiger partial charge in [0.2, 0.25) is 15.9 Å². The number of anilines is 1. The Hall–Kier alpha value is -3.30. The van der Waals surface area contributed by atoms with Crippen molar-refractivity contribution in [3.05, 3.63) is 78.2 Å². The quantitative estimate of drug-likeness (QED) is 0.447. The first-order valence-corrected chi connectivity index (χ1v) is 13.9. The van der Waals surface area contributed by atoms with Crippen LogP contribution in [0, 0.1) is 11.7 Å². The molecule has 4 rings (SSSR count). The molecule has 0 radical (unpaired) electrons. The second-order valence-corrected chi connectivity index (χ2v) is 11.5. The van der Waals surface area contributed by atoms with Crippen LogP contribution >= 0.6 is 0 Å². The number of carbonyl (C=O) groups excluding carboxylic acids is 1. The number of sulfonamides is 1. The highest BCUT2D eigenvalue weighted by molar-refractivity contribution is 7.89. The number of amides is 1. The number of carbonyl (C=O) groups is 1. The molecule has 196 valence electrons. The summed E-state index contributed by atoms with van der Waals surface area (Å²) in [5.74, 6) is 0.268. The van der Waals surface area contributed by atoms with E-state index < -0.39 is 10.0 Å². The second kappa shape index (κ2) is 11.4. The molecule has 1 heterocycles. The topological polar surface area (TPSA) is 91.4 Å². The van der Waals surface area contributed by atoms with Crippen LogP contribution in [0.4, 0.5) is 10.2 Å². The third kappa shape index (κ3) is 6.53. The first-order valence-electron chi connectivity index (χ1n) is 12.4. The van der Waals surface area contributed by atoms with Gasteiger partial charge in [0, 0.05) is 37.8 Å². The van der Waals surface area contributed by atoms with Gasteiger partial charge in [0.05, 0.1) is 10.9 Å². The van der Waals surface area contributed by atoms with Crippen molar-refractivity contribution < 1.29 is 17.6 Å². The molecule has 0 bridgehead atoms. The molecular formula is C28H33FN4O3S. The van der Waals surface area contributed by atoms with E-state index in [0.29, 0.717) is 25.7 Å². The van der Waals surface area contributed by atoms with Gasteiger partial charge in [0.25, 0.3) is 0 Å². The van der Waals surface area contributed by atoms with E-state index in [4.69, 9.17) is 0 Å². The van der Waals surface area contributed by atoms with Crippen LogP contribution < -0.4 is 14.9 Å². The monoisotopic (exact) mass is 524 g/mol. The highest BCUT2D eigenvalue weighted by Gasteiger charge is 2.30. The van der Waals surface area contributed by atoms with Crippen LogP contribution in [0.5, 0.6) is 0 Å². The standard InChI is InChI=1S/C28H33FN4O3S/c1-19(20-6-12-23(29)13-7-20)31-28(34)22-8-14-24(15-9-22)32-37(35,36)25-16-10-21(11-17-25)26-5-4-18-30-27(26)33(2)3/h4-7,10-13,16-19,22,24,32H,8-9,14-15H2,1-3H3,(H,31,34)/t19-,22?,24?/m1/s1. The molecule has 1 atom stereocenters. The normalized spacial score (nSPS) is 18.7. The number of nitrogens with zero attached hydrogens (tertiary/aromatic N) is 2. The molecule has 1 saturated carbocycles. The summed E-state index contributed by atoms with van der Waals surface area (Å²) in [6, 6.07) is 16.3. The van der Waals surface area contributed by atoms with E-state index in [-0.39, 0.29) is 34.6 Å². The summed E-state index contributed by atoms with van der Waals surface area (Å²) in [5.41, 5.74) is 2.65. The number of aromatic nitrogens is 1. The van der Waals surface area contributed by atoms with Crippen molar-refractivity contribution >= 4 is 21.7 Å². The average molecular weight is 525 g/mol. The molecule has 1 amide bonds. The number of hydrogen-bond acceptors (Lipinski definition) is 5. The molecule has 0 spiro atoms. The van der Waals surface area contributed by atoms with Crippen molar-refractivity contribution in [3.8, 4) is 11.1 Å². The molecule has 1 fully saturated rings. The Kier molecular flexibility index (Phi) is 8.24. The number of hydrogen-bond donors (Lipinski definition) is 2. The molecule has 2 aromatic carbocycles. The van der Waals surface area contributed by atoms with Gasteiger partial charge in [0.15, 0.2) is 0 Å². The Morgan fingerprint density at radius 3 is 2.27 bits per heavy atom. The number of nitrogens with one attached hydrogen (secondary N) is 2. The minimum atomic E-state index is -3.69. The zero-order valence-corrected chi connectivity index (χ0v) is 22.1. The van der Waals surface area contributed by atoms with Crippen molar-refractivity contribution in [2.45, 2.75) is 49.6 Å². The van der Waals surface area contributed by atoms with Crippen LogP contribution in [0.15, 0.2) is 71.8 Å². The number of pyridine rings is 1. The molecule has 7 nitrogen and oxygen atoms in total. The lowest BCUT2D eigenvalue weighted by Crippen LogP contribution is -2.41. The summed E-state index contributed by atoms with van der Waals surface area (Å²) in [6.45, 7) is 1.87. The lowest BCUT2D eigenvalue weighted by Gasteiger charge is -2.29. The van der Waals surface area contributed by atoms with Gasteiger partial charge in [-0.3, -0.25) is 4.79 Å². The van der Waals surface area contributed by atoms with Crippen molar-refractivity contribution in [1.82, 2.24) is 15.0 Å². The summed E-state index contributed by atoms with van der Waals surface area (Å²) in [4.78, 5) is 19.3. The van der Waals surface area contributed by atoms with Gasteiger partial charge >= 0.3 is 0 Å². The molecule has 2 N–H and O–H groups in total. The third-order valence-electron chi connectivity index (χ3n) is 6.83. The Balaban J connectivity index is 1.33. The Bertz CT molecular complexity index is 1320. The summed E-state index contributed by atoms with van der Waals surface area (Å²) in [5, 5.41) is 3.00. The predicted octanol–water partition coefficient (Wildman–Crippen LogP) is 4.67. The van der Waals surface area contributed by atoms with Crippen LogP contribution in [0.2, 0.25) is 0 Å². The van der Waals surface area contributed by atoms with Crippen molar-refractivity contribution in [2.75, 3.05) is 19.0 Å². The van der Waals surface area contributed by atoms with Gasteiger partial charge in [-0.1, -0.05) is 24.3 Å². The largest absolute Gasteiger partial charge is 0.362 e. The van der Waals surface area contributed by atoms with Crippen LogP contribution in [0.1, 0.15) is 44.2 Å². The Morgan fingerprint density at radius 2 is 1.65 bits per heavy atom. The van der Waals surface area contributed by atoms with Gasteiger partial charge in [-0.2, -0.15) is 0 Å². The highest BCUT2D eigenvalue weighted by Crippen LogP contribution is 2.30. The molecule has 1 aromatic heterocycles. The molecule has 1 aliphatic rings. The predicted molar refractivity (Wildman–Crippen MR) is 143 cm³/mol. The van der Waals surface area contributed by atoms with E-state index in [2.05, 4.69) is 15.0 Å². The zero-order valence-electron chi connectivity index (χ0n) is 21.3. The van der Waals surface area contributed by atoms with E-state index >= 15 is 0 Å². The van der Waals surface area contributed by atoms with Crippen molar-refractivity contribution in [2.24, 2.45) is 5.92 Å². The van der Waals surface area contributed by atoms with E-state index in [0.717, 1.165) is 22.5 Å². The minimum Gasteiger partial charge on any atom is -0.362 e. The maximum Gasteiger partial charge on any atom is 0.240 e. The molecule has 9 heteroatoms. The van der Waals surface area contributed by atoms with Crippen LogP contribution in [-0.4, -0.2) is 39.4 Å². The summed E-state index contributed by atoms with van der Waals surface area (Å²) < 4.78 is 42.0. The molecule has 37 heavy (non-hydrogen) atoms. The van der Waals surface area contributed by atoms with Crippen LogP contribution in [-0.2, 0) is 14.8 Å². The molecular weight excluding hydrogens is 491 g/mol. The summed E-state index contributed by atoms with van der Waals surface area (Å²) in [7, 11) is 0.143. The summed E-state index contributed by atoms with van der Waals surface area (Å²) >= 11 is 0. The molecule has 1 aliphatic carbocycles. The zero-order chi connectivity index (χ0) is 26.6. The van der Waals surface area contributed by atoms with Gasteiger partial charge in [0.1, 0.15) is 11.6 Å². The maximum atomic E-state index is 13.2. The molecule has 0 unspecified atom stereocenters. The van der Waals surface area contributed by atoms with Crippen LogP contribution in [0.25, 0.3) is 11.1 Å². The highest BCUT2D eigenvalue weighted by atomic mass is 32.2. The van der Waals surface area contributed by atoms with Gasteiger partial charge in [-0.05, 0) is 80.1 Å². The lowest BCUT2D eigenvalue weighted by atomic mass is 9.85. The van der Waals surface area contributed by atoms with Crippen molar-refractivity contribution in [1.29, 1.82) is 0 Å². The van der Waals surface area contributed by atoms with Crippen molar-refractivity contribution in [3.63, 3.8) is 0 Å². The molecule has 3 aromatic rings. The first kappa shape index (κ1) is 26.8. The fraction of sp³-hybridized carbons (Fsp3) is 0.357. The maximum absolute atomic E-state index is 13.2. The van der Waals surface area contributed by atoms with Gasteiger partial charge < -0.3 is 10.2 Å². The number of halogens is 1.